The third-order valence-corrected chi connectivity index (χ3v) is 2.87. The number of hydrogen-bond donors (Lipinski definition) is 1. The third kappa shape index (κ3) is 3.60. The highest BCUT2D eigenvalue weighted by Gasteiger charge is 2.15. The lowest BCUT2D eigenvalue weighted by Crippen LogP contribution is -2.14. The normalized spacial score (nSPS) is 12.3. The molecule has 0 bridgehead atoms. The molecule has 5 heteroatoms. The fraction of sp³-hybridized carbons (Fsp3) is 0.333. The number of rotatable bonds is 3. The Hall–Kier alpha value is -2.30. The van der Waals surface area contributed by atoms with Crippen LogP contribution < -0.4 is 5.43 Å². The maximum atomic E-state index is 4.29. The second kappa shape index (κ2) is 5.77. The zero-order valence-electron chi connectivity index (χ0n) is 12.3. The van der Waals surface area contributed by atoms with Crippen LogP contribution >= 0.6 is 0 Å². The van der Waals surface area contributed by atoms with E-state index in [9.17, 15) is 0 Å². The van der Waals surface area contributed by atoms with E-state index >= 15 is 0 Å². The van der Waals surface area contributed by atoms with Crippen LogP contribution in [-0.2, 0) is 5.41 Å². The van der Waals surface area contributed by atoms with Crippen molar-refractivity contribution in [1.82, 2.24) is 15.2 Å². The van der Waals surface area contributed by atoms with Gasteiger partial charge in [0.1, 0.15) is 0 Å². The van der Waals surface area contributed by atoms with Crippen LogP contribution in [0, 0.1) is 0 Å². The molecular weight excluding hydrogens is 250 g/mol. The topological polar surface area (TPSA) is 63.1 Å². The molecule has 0 aromatic carbocycles. The molecule has 0 unspecified atom stereocenters. The molecule has 2 aromatic heterocycles. The first-order valence-electron chi connectivity index (χ1n) is 6.52. The molecule has 0 saturated carbocycles. The zero-order chi connectivity index (χ0) is 14.6. The summed E-state index contributed by atoms with van der Waals surface area (Å²) in [5.41, 5.74) is 5.76. The Bertz CT molecular complexity index is 582. The number of nitrogens with zero attached hydrogens (tertiary/aromatic N) is 4. The molecule has 20 heavy (non-hydrogen) atoms. The minimum atomic E-state index is 0.00174. The molecule has 1 N–H and O–H groups in total. The largest absolute Gasteiger partial charge is 0.265 e. The van der Waals surface area contributed by atoms with E-state index in [0.717, 1.165) is 17.0 Å². The van der Waals surface area contributed by atoms with E-state index in [2.05, 4.69) is 46.5 Å². The highest BCUT2D eigenvalue weighted by atomic mass is 15.3. The van der Waals surface area contributed by atoms with Crippen LogP contribution in [0.4, 0.5) is 5.82 Å². The molecule has 0 saturated heterocycles. The molecule has 2 rings (SSSR count). The quantitative estimate of drug-likeness (QED) is 0.687. The second-order valence-electron chi connectivity index (χ2n) is 5.60. The van der Waals surface area contributed by atoms with Gasteiger partial charge in [0.25, 0.3) is 0 Å². The summed E-state index contributed by atoms with van der Waals surface area (Å²) in [6, 6.07) is 7.67. The molecule has 0 radical (unpaired) electrons. The van der Waals surface area contributed by atoms with E-state index in [1.165, 1.54) is 0 Å². The summed E-state index contributed by atoms with van der Waals surface area (Å²) in [6.07, 6.45) is 3.48. The predicted octanol–water partition coefficient (Wildman–Crippen LogP) is 3.01. The molecule has 0 aliphatic carbocycles. The Morgan fingerprint density at radius 2 is 1.75 bits per heavy atom. The molecule has 2 heterocycles. The molecule has 0 atom stereocenters. The zero-order valence-corrected chi connectivity index (χ0v) is 12.3. The van der Waals surface area contributed by atoms with Crippen molar-refractivity contribution in [1.29, 1.82) is 0 Å². The standard InChI is InChI=1S/C15H19N5/c1-11(12-7-9-16-10-8-12)17-19-14-6-5-13(18-20-14)15(2,3)4/h5-10H,1-4H3,(H,19,20)/b17-11-. The maximum Gasteiger partial charge on any atom is 0.168 e. The Morgan fingerprint density at radius 1 is 1.05 bits per heavy atom. The number of pyridine rings is 1. The molecule has 0 amide bonds. The minimum Gasteiger partial charge on any atom is -0.265 e. The molecule has 0 fully saturated rings. The van der Waals surface area contributed by atoms with Crippen LogP contribution in [0.25, 0.3) is 0 Å². The van der Waals surface area contributed by atoms with Gasteiger partial charge in [-0.25, -0.2) is 0 Å². The lowest BCUT2D eigenvalue weighted by molar-refractivity contribution is 0.559. The van der Waals surface area contributed by atoms with Gasteiger partial charge in [-0.3, -0.25) is 10.4 Å². The van der Waals surface area contributed by atoms with Gasteiger partial charge in [-0.2, -0.15) is 10.2 Å². The second-order valence-corrected chi connectivity index (χ2v) is 5.60. The number of anilines is 1. The number of hydrazone groups is 1. The first-order valence-corrected chi connectivity index (χ1v) is 6.52. The Balaban J connectivity index is 2.08. The molecule has 2 aromatic rings. The van der Waals surface area contributed by atoms with Crippen molar-refractivity contribution in [2.24, 2.45) is 5.10 Å². The van der Waals surface area contributed by atoms with Gasteiger partial charge in [0.2, 0.25) is 0 Å². The first-order chi connectivity index (χ1) is 9.47. The summed E-state index contributed by atoms with van der Waals surface area (Å²) < 4.78 is 0. The Kier molecular flexibility index (Phi) is 4.08. The summed E-state index contributed by atoms with van der Waals surface area (Å²) in [5, 5.41) is 12.6. The van der Waals surface area contributed by atoms with Crippen LogP contribution in [0.5, 0.6) is 0 Å². The first kappa shape index (κ1) is 14.1. The van der Waals surface area contributed by atoms with Crippen LogP contribution in [0.2, 0.25) is 0 Å². The van der Waals surface area contributed by atoms with E-state index in [4.69, 9.17) is 0 Å². The summed E-state index contributed by atoms with van der Waals surface area (Å²) in [4.78, 5) is 3.98. The van der Waals surface area contributed by atoms with Gasteiger partial charge in [-0.1, -0.05) is 20.8 Å². The van der Waals surface area contributed by atoms with Crippen LogP contribution in [0.15, 0.2) is 41.8 Å². The number of nitrogens with one attached hydrogen (secondary N) is 1. The summed E-state index contributed by atoms with van der Waals surface area (Å²) in [7, 11) is 0. The van der Waals surface area contributed by atoms with Gasteiger partial charge in [0, 0.05) is 23.4 Å². The minimum absolute atomic E-state index is 0.00174. The van der Waals surface area contributed by atoms with Gasteiger partial charge in [0.05, 0.1) is 11.4 Å². The fourth-order valence-electron chi connectivity index (χ4n) is 1.59. The average Bonchev–Trinajstić information content (AvgIpc) is 2.45. The molecule has 0 aliphatic heterocycles. The Morgan fingerprint density at radius 3 is 2.30 bits per heavy atom. The molecular formula is C15H19N5. The number of hydrogen-bond acceptors (Lipinski definition) is 5. The lowest BCUT2D eigenvalue weighted by Gasteiger charge is -2.16. The van der Waals surface area contributed by atoms with Crippen molar-refractivity contribution in [3.05, 3.63) is 47.9 Å². The maximum absolute atomic E-state index is 4.29. The molecule has 104 valence electrons. The smallest absolute Gasteiger partial charge is 0.168 e. The van der Waals surface area contributed by atoms with Crippen molar-refractivity contribution < 1.29 is 0 Å². The summed E-state index contributed by atoms with van der Waals surface area (Å²) in [6.45, 7) is 8.25. The number of aromatic nitrogens is 3. The molecule has 0 aliphatic rings. The lowest BCUT2D eigenvalue weighted by atomic mass is 9.92. The Labute approximate surface area is 119 Å². The van der Waals surface area contributed by atoms with Crippen LogP contribution in [0.3, 0.4) is 0 Å². The van der Waals surface area contributed by atoms with Crippen LogP contribution in [0.1, 0.15) is 39.0 Å². The van der Waals surface area contributed by atoms with Gasteiger partial charge in [-0.15, -0.1) is 5.10 Å². The van der Waals surface area contributed by atoms with Gasteiger partial charge < -0.3 is 0 Å². The van der Waals surface area contributed by atoms with Crippen molar-refractivity contribution in [3.63, 3.8) is 0 Å². The van der Waals surface area contributed by atoms with E-state index in [0.29, 0.717) is 5.82 Å². The average molecular weight is 269 g/mol. The van der Waals surface area contributed by atoms with Gasteiger partial charge in [-0.05, 0) is 31.2 Å². The highest BCUT2D eigenvalue weighted by molar-refractivity contribution is 5.98. The molecule has 5 nitrogen and oxygen atoms in total. The third-order valence-electron chi connectivity index (χ3n) is 2.87. The molecule has 0 spiro atoms. The summed E-state index contributed by atoms with van der Waals surface area (Å²) >= 11 is 0. The van der Waals surface area contributed by atoms with Gasteiger partial charge >= 0.3 is 0 Å². The van der Waals surface area contributed by atoms with Crippen LogP contribution in [-0.4, -0.2) is 20.9 Å². The van der Waals surface area contributed by atoms with Crippen molar-refractivity contribution >= 4 is 11.5 Å². The van der Waals surface area contributed by atoms with Gasteiger partial charge in [0.15, 0.2) is 5.82 Å². The van der Waals surface area contributed by atoms with Crippen molar-refractivity contribution in [3.8, 4) is 0 Å². The van der Waals surface area contributed by atoms with E-state index in [1.54, 1.807) is 12.4 Å². The highest BCUT2D eigenvalue weighted by Crippen LogP contribution is 2.19. The predicted molar refractivity (Wildman–Crippen MR) is 80.8 cm³/mol. The monoisotopic (exact) mass is 269 g/mol. The summed E-state index contributed by atoms with van der Waals surface area (Å²) in [5.74, 6) is 0.631. The van der Waals surface area contributed by atoms with Crippen molar-refractivity contribution in [2.75, 3.05) is 5.43 Å². The van der Waals surface area contributed by atoms with E-state index in [1.807, 2.05) is 31.2 Å². The van der Waals surface area contributed by atoms with Crippen molar-refractivity contribution in [2.45, 2.75) is 33.1 Å². The van der Waals surface area contributed by atoms with E-state index < -0.39 is 0 Å². The fourth-order valence-corrected chi connectivity index (χ4v) is 1.59. The van der Waals surface area contributed by atoms with E-state index in [-0.39, 0.29) is 5.41 Å². The SMILES string of the molecule is C/C(=N/Nc1ccc(C(C)(C)C)nn1)c1ccncc1.